The van der Waals surface area contributed by atoms with Crippen LogP contribution in [0.3, 0.4) is 0 Å². The Morgan fingerprint density at radius 3 is 2.65 bits per heavy atom. The molecule has 1 heterocycles. The van der Waals surface area contributed by atoms with E-state index in [9.17, 15) is 5.11 Å². The number of hydrogen-bond donors (Lipinski definition) is 3. The van der Waals surface area contributed by atoms with E-state index in [1.807, 2.05) is 38.1 Å². The molecule has 0 amide bonds. The number of halogens is 1. The number of para-hydroxylation sites is 1. The molecule has 0 spiro atoms. The lowest BCUT2D eigenvalue weighted by Crippen LogP contribution is -2.52. The quantitative estimate of drug-likeness (QED) is 0.224. The Kier molecular flexibility index (Phi) is 13.4. The van der Waals surface area contributed by atoms with Gasteiger partial charge in [-0.25, -0.2) is 4.99 Å². The van der Waals surface area contributed by atoms with Gasteiger partial charge in [0.2, 0.25) is 0 Å². The number of aliphatic hydroxyl groups is 1. The van der Waals surface area contributed by atoms with E-state index < -0.39 is 5.60 Å². The van der Waals surface area contributed by atoms with E-state index in [0.717, 1.165) is 50.6 Å². The normalized spacial score (nSPS) is 17.0. The van der Waals surface area contributed by atoms with Gasteiger partial charge in [-0.3, -0.25) is 4.90 Å². The minimum absolute atomic E-state index is 0. The second kappa shape index (κ2) is 14.9. The van der Waals surface area contributed by atoms with Crippen molar-refractivity contribution in [3.05, 3.63) is 29.8 Å². The van der Waals surface area contributed by atoms with Crippen molar-refractivity contribution in [1.29, 1.82) is 0 Å². The Hall–Kier alpha value is -1.10. The van der Waals surface area contributed by atoms with Crippen LogP contribution < -0.4 is 15.4 Å². The highest BCUT2D eigenvalue weighted by atomic mass is 127. The first-order chi connectivity index (χ1) is 14.4. The van der Waals surface area contributed by atoms with Gasteiger partial charge < -0.3 is 25.2 Å². The zero-order valence-electron chi connectivity index (χ0n) is 19.5. The van der Waals surface area contributed by atoms with Gasteiger partial charge in [0, 0.05) is 38.3 Å². The molecule has 1 aromatic rings. The Labute approximate surface area is 205 Å². The molecule has 0 bridgehead atoms. The highest BCUT2D eigenvalue weighted by molar-refractivity contribution is 14.0. The van der Waals surface area contributed by atoms with Crippen LogP contribution in [0.2, 0.25) is 0 Å². The third-order valence-electron chi connectivity index (χ3n) is 4.98. The fourth-order valence-corrected chi connectivity index (χ4v) is 3.26. The molecule has 3 N–H and O–H groups in total. The smallest absolute Gasteiger partial charge is 0.191 e. The molecule has 1 unspecified atom stereocenters. The van der Waals surface area contributed by atoms with Crippen LogP contribution in [-0.2, 0) is 11.3 Å². The molecule has 1 fully saturated rings. The fourth-order valence-electron chi connectivity index (χ4n) is 3.26. The molecule has 31 heavy (non-hydrogen) atoms. The van der Waals surface area contributed by atoms with Gasteiger partial charge in [0.25, 0.3) is 0 Å². The maximum absolute atomic E-state index is 10.8. The highest BCUT2D eigenvalue weighted by Crippen LogP contribution is 2.19. The number of morpholine rings is 1. The van der Waals surface area contributed by atoms with Gasteiger partial charge in [-0.2, -0.15) is 0 Å². The summed E-state index contributed by atoms with van der Waals surface area (Å²) in [6.45, 7) is 14.5. The molecule has 1 atom stereocenters. The number of nitrogens with one attached hydrogen (secondary N) is 2. The van der Waals surface area contributed by atoms with Crippen molar-refractivity contribution >= 4 is 29.9 Å². The van der Waals surface area contributed by atoms with Gasteiger partial charge in [-0.15, -0.1) is 24.0 Å². The molecule has 1 aliphatic heterocycles. The van der Waals surface area contributed by atoms with Crippen molar-refractivity contribution < 1.29 is 14.6 Å². The lowest BCUT2D eigenvalue weighted by molar-refractivity contribution is -0.0201. The predicted molar refractivity (Wildman–Crippen MR) is 138 cm³/mol. The number of ether oxygens (including phenoxy) is 2. The van der Waals surface area contributed by atoms with Crippen LogP contribution in [0.4, 0.5) is 0 Å². The van der Waals surface area contributed by atoms with E-state index in [4.69, 9.17) is 14.5 Å². The standard InChI is InChI=1S/C23H40N4O3.HI/c1-5-24-22(26-17-23(4,28)18-27-11-14-29-15-12-27)25-16-20-8-6-7-9-21(20)30-13-10-19(2)3;/h6-9,19,28H,5,10-18H2,1-4H3,(H2,24,25,26);1H. The molecule has 1 saturated heterocycles. The van der Waals surface area contributed by atoms with Gasteiger partial charge >= 0.3 is 0 Å². The molecule has 178 valence electrons. The van der Waals surface area contributed by atoms with E-state index in [1.165, 1.54) is 0 Å². The van der Waals surface area contributed by atoms with Gasteiger partial charge in [0.15, 0.2) is 5.96 Å². The van der Waals surface area contributed by atoms with Gasteiger partial charge in [0.1, 0.15) is 5.75 Å². The van der Waals surface area contributed by atoms with Crippen LogP contribution in [0.25, 0.3) is 0 Å². The zero-order valence-corrected chi connectivity index (χ0v) is 21.9. The van der Waals surface area contributed by atoms with Gasteiger partial charge in [-0.1, -0.05) is 32.0 Å². The van der Waals surface area contributed by atoms with Crippen LogP contribution in [0, 0.1) is 5.92 Å². The Bertz CT molecular complexity index is 649. The number of nitrogens with zero attached hydrogens (tertiary/aromatic N) is 2. The maximum atomic E-state index is 10.8. The fraction of sp³-hybridized carbons (Fsp3) is 0.696. The first-order valence-corrected chi connectivity index (χ1v) is 11.1. The number of benzene rings is 1. The summed E-state index contributed by atoms with van der Waals surface area (Å²) in [7, 11) is 0. The monoisotopic (exact) mass is 548 g/mol. The molecule has 1 aromatic carbocycles. The minimum atomic E-state index is -0.856. The molecule has 0 saturated carbocycles. The summed E-state index contributed by atoms with van der Waals surface area (Å²) in [5, 5.41) is 17.4. The third kappa shape index (κ3) is 11.4. The van der Waals surface area contributed by atoms with E-state index in [2.05, 4.69) is 29.4 Å². The SMILES string of the molecule is CCNC(=NCc1ccccc1OCCC(C)C)NCC(C)(O)CN1CCOCC1.I. The summed E-state index contributed by atoms with van der Waals surface area (Å²) >= 11 is 0. The number of aliphatic imine (C=N–C) groups is 1. The van der Waals surface area contributed by atoms with Crippen molar-refractivity contribution in [2.75, 3.05) is 52.5 Å². The summed E-state index contributed by atoms with van der Waals surface area (Å²) < 4.78 is 11.4. The maximum Gasteiger partial charge on any atom is 0.191 e. The zero-order chi connectivity index (χ0) is 21.8. The first-order valence-electron chi connectivity index (χ1n) is 11.1. The summed E-state index contributed by atoms with van der Waals surface area (Å²) in [5.74, 6) is 2.19. The van der Waals surface area contributed by atoms with Crippen molar-refractivity contribution in [3.63, 3.8) is 0 Å². The molecule has 1 aliphatic rings. The van der Waals surface area contributed by atoms with Crippen LogP contribution in [0.1, 0.15) is 39.7 Å². The lowest BCUT2D eigenvalue weighted by Gasteiger charge is -2.34. The average Bonchev–Trinajstić information content (AvgIpc) is 2.71. The Balaban J connectivity index is 0.00000480. The second-order valence-corrected chi connectivity index (χ2v) is 8.57. The largest absolute Gasteiger partial charge is 0.493 e. The van der Waals surface area contributed by atoms with Gasteiger partial charge in [-0.05, 0) is 32.3 Å². The van der Waals surface area contributed by atoms with E-state index in [-0.39, 0.29) is 24.0 Å². The lowest BCUT2D eigenvalue weighted by atomic mass is 10.1. The molecule has 0 radical (unpaired) electrons. The van der Waals surface area contributed by atoms with E-state index in [1.54, 1.807) is 0 Å². The van der Waals surface area contributed by atoms with Crippen LogP contribution >= 0.6 is 24.0 Å². The number of β-amino-alcohol motifs (C(OH)–C–C–N with tert-alkyl or cyclic N) is 1. The molecular weight excluding hydrogens is 507 g/mol. The van der Waals surface area contributed by atoms with Crippen molar-refractivity contribution in [3.8, 4) is 5.75 Å². The minimum Gasteiger partial charge on any atom is -0.493 e. The molecular formula is C23H41IN4O3. The summed E-state index contributed by atoms with van der Waals surface area (Å²) in [6, 6.07) is 8.04. The number of guanidine groups is 1. The van der Waals surface area contributed by atoms with Crippen molar-refractivity contribution in [2.24, 2.45) is 10.9 Å². The Morgan fingerprint density at radius 2 is 1.97 bits per heavy atom. The molecule has 0 aliphatic carbocycles. The second-order valence-electron chi connectivity index (χ2n) is 8.57. The average molecular weight is 549 g/mol. The summed E-state index contributed by atoms with van der Waals surface area (Å²) in [5.41, 5.74) is 0.198. The Morgan fingerprint density at radius 1 is 1.26 bits per heavy atom. The number of rotatable bonds is 11. The first kappa shape index (κ1) is 27.9. The van der Waals surface area contributed by atoms with Crippen LogP contribution in [0.5, 0.6) is 5.75 Å². The van der Waals surface area contributed by atoms with Gasteiger partial charge in [0.05, 0.1) is 32.0 Å². The summed E-state index contributed by atoms with van der Waals surface area (Å²) in [4.78, 5) is 6.94. The van der Waals surface area contributed by atoms with Crippen LogP contribution in [0.15, 0.2) is 29.3 Å². The topological polar surface area (TPSA) is 78.4 Å². The van der Waals surface area contributed by atoms with Crippen molar-refractivity contribution in [2.45, 2.75) is 46.3 Å². The molecule has 8 heteroatoms. The van der Waals surface area contributed by atoms with Crippen LogP contribution in [-0.4, -0.2) is 74.1 Å². The van der Waals surface area contributed by atoms with E-state index >= 15 is 0 Å². The highest BCUT2D eigenvalue weighted by Gasteiger charge is 2.25. The van der Waals surface area contributed by atoms with E-state index in [0.29, 0.717) is 38.1 Å². The van der Waals surface area contributed by atoms with Crippen molar-refractivity contribution in [1.82, 2.24) is 15.5 Å². The predicted octanol–water partition coefficient (Wildman–Crippen LogP) is 2.87. The summed E-state index contributed by atoms with van der Waals surface area (Å²) in [6.07, 6.45) is 1.03. The molecule has 2 rings (SSSR count). The number of hydrogen-bond acceptors (Lipinski definition) is 5. The third-order valence-corrected chi connectivity index (χ3v) is 4.98. The molecule has 0 aromatic heterocycles. The molecule has 7 nitrogen and oxygen atoms in total.